The molecule has 2 rings (SSSR count). The lowest BCUT2D eigenvalue weighted by Crippen LogP contribution is -2.53. The van der Waals surface area contributed by atoms with Crippen LogP contribution in [0.5, 0.6) is 0 Å². The van der Waals surface area contributed by atoms with Gasteiger partial charge >= 0.3 is 0 Å². The molecule has 36 heavy (non-hydrogen) atoms. The molecule has 2 amide bonds. The smallest absolute Gasteiger partial charge is 0.244 e. The van der Waals surface area contributed by atoms with Gasteiger partial charge in [0.1, 0.15) is 12.6 Å². The van der Waals surface area contributed by atoms with Crippen LogP contribution in [0.1, 0.15) is 50.3 Å². The molecule has 2 aromatic rings. The number of amides is 2. The minimum absolute atomic E-state index is 0.0195. The number of carbonyl (C=O) groups is 2. The zero-order valence-corrected chi connectivity index (χ0v) is 24.0. The van der Waals surface area contributed by atoms with Gasteiger partial charge in [0.15, 0.2) is 0 Å². The van der Waals surface area contributed by atoms with Crippen LogP contribution >= 0.6 is 23.2 Å². The average Bonchev–Trinajstić information content (AvgIpc) is 2.79. The lowest BCUT2D eigenvalue weighted by molar-refractivity contribution is -0.140. The van der Waals surface area contributed by atoms with Crippen LogP contribution in [0.4, 0.5) is 5.69 Å². The van der Waals surface area contributed by atoms with E-state index in [4.69, 9.17) is 23.2 Å². The number of hydrogen-bond acceptors (Lipinski definition) is 4. The Kier molecular flexibility index (Phi) is 10.6. The van der Waals surface area contributed by atoms with Gasteiger partial charge in [0.05, 0.1) is 11.9 Å². The third-order valence-electron chi connectivity index (χ3n) is 6.06. The second-order valence-corrected chi connectivity index (χ2v) is 11.8. The molecule has 198 valence electrons. The molecule has 0 spiro atoms. The van der Waals surface area contributed by atoms with Gasteiger partial charge in [-0.05, 0) is 68.5 Å². The Labute approximate surface area is 224 Å². The zero-order valence-electron chi connectivity index (χ0n) is 21.6. The summed E-state index contributed by atoms with van der Waals surface area (Å²) in [6.45, 7) is 8.86. The largest absolute Gasteiger partial charge is 0.352 e. The molecular weight excluding hydrogens is 521 g/mol. The van der Waals surface area contributed by atoms with Gasteiger partial charge in [-0.2, -0.15) is 0 Å². The molecule has 7 nitrogen and oxygen atoms in total. The molecule has 0 saturated carbocycles. The van der Waals surface area contributed by atoms with E-state index in [1.807, 2.05) is 39.8 Å². The number of benzene rings is 2. The highest BCUT2D eigenvalue weighted by atomic mass is 35.5. The molecule has 0 fully saturated rings. The second-order valence-electron chi connectivity index (χ2n) is 9.06. The lowest BCUT2D eigenvalue weighted by atomic mass is 10.1. The van der Waals surface area contributed by atoms with Crippen LogP contribution in [-0.2, 0) is 26.2 Å². The minimum Gasteiger partial charge on any atom is -0.352 e. The molecule has 0 aliphatic heterocycles. The number of carbonyl (C=O) groups excluding carboxylic acids is 2. The van der Waals surface area contributed by atoms with Crippen molar-refractivity contribution in [3.8, 4) is 0 Å². The van der Waals surface area contributed by atoms with Gasteiger partial charge in [-0.3, -0.25) is 13.9 Å². The molecule has 0 bridgehead atoms. The molecule has 0 aliphatic rings. The Morgan fingerprint density at radius 3 is 2.25 bits per heavy atom. The lowest BCUT2D eigenvalue weighted by Gasteiger charge is -2.34. The topological polar surface area (TPSA) is 86.8 Å². The van der Waals surface area contributed by atoms with Crippen molar-refractivity contribution in [2.75, 3.05) is 17.1 Å². The fourth-order valence-corrected chi connectivity index (χ4v) is 5.14. The Balaban J connectivity index is 2.52. The molecule has 0 aliphatic carbocycles. The van der Waals surface area contributed by atoms with Gasteiger partial charge in [-0.25, -0.2) is 8.42 Å². The maximum absolute atomic E-state index is 13.8. The number of aryl methyl sites for hydroxylation is 2. The van der Waals surface area contributed by atoms with Crippen LogP contribution in [0.25, 0.3) is 0 Å². The number of halogens is 2. The first-order valence-corrected chi connectivity index (χ1v) is 14.5. The third kappa shape index (κ3) is 7.85. The fourth-order valence-electron chi connectivity index (χ4n) is 3.78. The van der Waals surface area contributed by atoms with Gasteiger partial charge < -0.3 is 10.2 Å². The Morgan fingerprint density at radius 2 is 1.69 bits per heavy atom. The highest BCUT2D eigenvalue weighted by Gasteiger charge is 2.32. The van der Waals surface area contributed by atoms with Crippen molar-refractivity contribution < 1.29 is 18.0 Å². The van der Waals surface area contributed by atoms with Crippen molar-refractivity contribution in [3.63, 3.8) is 0 Å². The quantitative estimate of drug-likeness (QED) is 0.418. The summed E-state index contributed by atoms with van der Waals surface area (Å²) >= 11 is 12.4. The van der Waals surface area contributed by atoms with Crippen molar-refractivity contribution in [1.82, 2.24) is 10.2 Å². The van der Waals surface area contributed by atoms with E-state index in [9.17, 15) is 18.0 Å². The fraction of sp³-hybridized carbons (Fsp3) is 0.462. The summed E-state index contributed by atoms with van der Waals surface area (Å²) in [5.41, 5.74) is 2.60. The maximum Gasteiger partial charge on any atom is 0.244 e. The molecule has 0 radical (unpaired) electrons. The number of hydrogen-bond donors (Lipinski definition) is 1. The zero-order chi connectivity index (χ0) is 27.2. The summed E-state index contributed by atoms with van der Waals surface area (Å²) < 4.78 is 26.7. The van der Waals surface area contributed by atoms with Gasteiger partial charge in [0.25, 0.3) is 0 Å². The van der Waals surface area contributed by atoms with Crippen LogP contribution in [-0.4, -0.2) is 50.0 Å². The predicted octanol–water partition coefficient (Wildman–Crippen LogP) is 5.10. The van der Waals surface area contributed by atoms with Crippen molar-refractivity contribution in [1.29, 1.82) is 0 Å². The molecule has 2 aromatic carbocycles. The summed E-state index contributed by atoms with van der Waals surface area (Å²) in [6, 6.07) is 9.45. The van der Waals surface area contributed by atoms with Crippen LogP contribution in [0.3, 0.4) is 0 Å². The highest BCUT2D eigenvalue weighted by Crippen LogP contribution is 2.26. The normalized spacial score (nSPS) is 13.1. The van der Waals surface area contributed by atoms with E-state index in [0.717, 1.165) is 22.5 Å². The maximum atomic E-state index is 13.8. The Bertz CT molecular complexity index is 1200. The molecule has 1 N–H and O–H groups in total. The van der Waals surface area contributed by atoms with E-state index >= 15 is 0 Å². The van der Waals surface area contributed by atoms with E-state index < -0.39 is 28.5 Å². The molecular formula is C26H35Cl2N3O4S. The van der Waals surface area contributed by atoms with Crippen molar-refractivity contribution in [2.24, 2.45) is 0 Å². The third-order valence-corrected chi connectivity index (χ3v) is 7.77. The van der Waals surface area contributed by atoms with Crippen LogP contribution in [0.2, 0.25) is 10.0 Å². The van der Waals surface area contributed by atoms with Crippen LogP contribution in [0, 0.1) is 13.8 Å². The van der Waals surface area contributed by atoms with E-state index in [2.05, 4.69) is 5.32 Å². The molecule has 2 atom stereocenters. The minimum atomic E-state index is -3.81. The summed E-state index contributed by atoms with van der Waals surface area (Å²) in [6.07, 6.45) is 2.13. The van der Waals surface area contributed by atoms with Crippen LogP contribution < -0.4 is 9.62 Å². The van der Waals surface area contributed by atoms with Gasteiger partial charge in [0.2, 0.25) is 21.8 Å². The van der Waals surface area contributed by atoms with Crippen molar-refractivity contribution in [3.05, 3.63) is 63.1 Å². The van der Waals surface area contributed by atoms with Crippen LogP contribution in [0.15, 0.2) is 36.4 Å². The van der Waals surface area contributed by atoms with E-state index in [0.29, 0.717) is 33.3 Å². The molecule has 0 heterocycles. The second kappa shape index (κ2) is 12.8. The van der Waals surface area contributed by atoms with Crippen molar-refractivity contribution >= 4 is 50.7 Å². The highest BCUT2D eigenvalue weighted by molar-refractivity contribution is 7.92. The van der Waals surface area contributed by atoms with E-state index in [-0.39, 0.29) is 18.5 Å². The first-order chi connectivity index (χ1) is 16.8. The predicted molar refractivity (Wildman–Crippen MR) is 147 cm³/mol. The Hall–Kier alpha value is -2.29. The Morgan fingerprint density at radius 1 is 1.03 bits per heavy atom. The number of anilines is 1. The number of sulfonamides is 1. The van der Waals surface area contributed by atoms with E-state index in [1.54, 1.807) is 31.2 Å². The molecule has 0 saturated heterocycles. The van der Waals surface area contributed by atoms with Gasteiger partial charge in [-0.15, -0.1) is 0 Å². The SMILES string of the molecule is CC[C@@H](C)NC(=O)[C@@H](CC)N(Cc1ccc(Cl)cc1Cl)C(=O)CN(c1cc(C)ccc1C)S(C)(=O)=O. The average molecular weight is 557 g/mol. The standard InChI is InChI=1S/C26H35Cl2N3O4S/c1-7-19(5)29-26(33)23(8-2)30(15-20-11-12-21(27)14-22(20)28)25(32)16-31(36(6,34)35)24-13-17(3)9-10-18(24)4/h9-14,19,23H,7-8,15-16H2,1-6H3,(H,29,33)/t19-,23-/m1/s1. The molecule has 0 unspecified atom stereocenters. The number of nitrogens with one attached hydrogen (secondary N) is 1. The summed E-state index contributed by atoms with van der Waals surface area (Å²) in [5.74, 6) is -0.818. The van der Waals surface area contributed by atoms with Gasteiger partial charge in [-0.1, -0.05) is 55.2 Å². The number of rotatable bonds is 11. The molecule has 0 aromatic heterocycles. The van der Waals surface area contributed by atoms with Crippen molar-refractivity contribution in [2.45, 2.75) is 66.1 Å². The molecule has 10 heteroatoms. The summed E-state index contributed by atoms with van der Waals surface area (Å²) in [7, 11) is -3.81. The summed E-state index contributed by atoms with van der Waals surface area (Å²) in [5, 5.41) is 3.74. The first-order valence-electron chi connectivity index (χ1n) is 11.9. The first kappa shape index (κ1) is 29.9. The van der Waals surface area contributed by atoms with E-state index in [1.165, 1.54) is 4.90 Å². The number of nitrogens with zero attached hydrogens (tertiary/aromatic N) is 2. The monoisotopic (exact) mass is 555 g/mol. The van der Waals surface area contributed by atoms with Gasteiger partial charge in [0, 0.05) is 22.6 Å². The summed E-state index contributed by atoms with van der Waals surface area (Å²) in [4.78, 5) is 28.4.